The number of nitrogen functional groups attached to an aromatic ring is 1. The first kappa shape index (κ1) is 12.9. The van der Waals surface area contributed by atoms with Gasteiger partial charge < -0.3 is 10.8 Å². The van der Waals surface area contributed by atoms with E-state index in [9.17, 15) is 5.11 Å². The molecule has 6 heteroatoms. The summed E-state index contributed by atoms with van der Waals surface area (Å²) in [6.07, 6.45) is 0.693. The zero-order valence-corrected chi connectivity index (χ0v) is 11.2. The summed E-state index contributed by atoms with van der Waals surface area (Å²) in [5.74, 6) is 0.307. The average molecular weight is 267 g/mol. The van der Waals surface area contributed by atoms with Crippen molar-refractivity contribution in [2.75, 3.05) is 5.73 Å². The Morgan fingerprint density at radius 1 is 1.39 bits per heavy atom. The highest BCUT2D eigenvalue weighted by atomic mass is 35.5. The van der Waals surface area contributed by atoms with E-state index in [-0.39, 0.29) is 0 Å². The first-order valence-corrected chi connectivity index (χ1v) is 5.89. The van der Waals surface area contributed by atoms with Crippen molar-refractivity contribution in [1.29, 1.82) is 0 Å². The number of nitrogens with two attached hydrogens (primary N) is 1. The van der Waals surface area contributed by atoms with E-state index < -0.39 is 6.10 Å². The maximum Gasteiger partial charge on any atom is 0.133 e. The normalized spacial score (nSPS) is 12.7. The number of aryl methyl sites for hydroxylation is 3. The lowest BCUT2D eigenvalue weighted by Gasteiger charge is -2.15. The number of aromatic nitrogens is 3. The van der Waals surface area contributed by atoms with Gasteiger partial charge in [-0.25, -0.2) is 4.98 Å². The van der Waals surface area contributed by atoms with Crippen LogP contribution in [-0.4, -0.2) is 19.9 Å². The second-order valence-corrected chi connectivity index (χ2v) is 4.60. The fraction of sp³-hybridized carbons (Fsp3) is 0.333. The van der Waals surface area contributed by atoms with Crippen molar-refractivity contribution in [2.45, 2.75) is 20.0 Å². The highest BCUT2D eigenvalue weighted by Crippen LogP contribution is 2.34. The van der Waals surface area contributed by atoms with Gasteiger partial charge in [0.05, 0.1) is 5.69 Å². The van der Waals surface area contributed by atoms with Crippen LogP contribution in [0.15, 0.2) is 12.3 Å². The lowest BCUT2D eigenvalue weighted by Crippen LogP contribution is -2.08. The largest absolute Gasteiger partial charge is 0.383 e. The fourth-order valence-electron chi connectivity index (χ4n) is 2.05. The Labute approximate surface area is 110 Å². The van der Waals surface area contributed by atoms with Crippen molar-refractivity contribution in [3.8, 4) is 0 Å². The summed E-state index contributed by atoms with van der Waals surface area (Å²) >= 11 is 6.14. The van der Waals surface area contributed by atoms with Crippen molar-refractivity contribution in [3.05, 3.63) is 39.8 Å². The standard InChI is InChI=1S/C12H15ClN4O/c1-6-4-5-15-12(14)8(6)10(18)9-7(2)16-17(3)11(9)13/h4-5,10,18H,1-3H3,(H2,14,15). The first-order chi connectivity index (χ1) is 8.43. The van der Waals surface area contributed by atoms with Crippen LogP contribution in [0.3, 0.4) is 0 Å². The molecule has 0 amide bonds. The van der Waals surface area contributed by atoms with Gasteiger partial charge in [0.25, 0.3) is 0 Å². The molecule has 0 spiro atoms. The smallest absolute Gasteiger partial charge is 0.133 e. The summed E-state index contributed by atoms with van der Waals surface area (Å²) < 4.78 is 1.53. The Balaban J connectivity index is 2.58. The van der Waals surface area contributed by atoms with Gasteiger partial charge in [0.1, 0.15) is 17.1 Å². The minimum atomic E-state index is -0.917. The van der Waals surface area contributed by atoms with Crippen LogP contribution in [0.2, 0.25) is 5.15 Å². The number of rotatable bonds is 2. The monoisotopic (exact) mass is 266 g/mol. The van der Waals surface area contributed by atoms with Crippen LogP contribution in [0, 0.1) is 13.8 Å². The third kappa shape index (κ3) is 1.95. The van der Waals surface area contributed by atoms with Crippen LogP contribution >= 0.6 is 11.6 Å². The molecule has 0 aliphatic heterocycles. The van der Waals surface area contributed by atoms with Gasteiger partial charge in [0, 0.05) is 24.4 Å². The second kappa shape index (κ2) is 4.59. The van der Waals surface area contributed by atoms with E-state index >= 15 is 0 Å². The molecule has 5 nitrogen and oxygen atoms in total. The van der Waals surface area contributed by atoms with Gasteiger partial charge in [-0.05, 0) is 25.5 Å². The molecule has 1 atom stereocenters. The van der Waals surface area contributed by atoms with E-state index in [4.69, 9.17) is 17.3 Å². The molecule has 18 heavy (non-hydrogen) atoms. The fourth-order valence-corrected chi connectivity index (χ4v) is 2.33. The lowest BCUT2D eigenvalue weighted by molar-refractivity contribution is 0.219. The Morgan fingerprint density at radius 3 is 2.56 bits per heavy atom. The van der Waals surface area contributed by atoms with Crippen LogP contribution in [0.4, 0.5) is 5.82 Å². The number of aliphatic hydroxyl groups is 1. The molecule has 0 fully saturated rings. The summed E-state index contributed by atoms with van der Waals surface area (Å²) in [6.45, 7) is 3.67. The van der Waals surface area contributed by atoms with Gasteiger partial charge in [0.15, 0.2) is 0 Å². The van der Waals surface area contributed by atoms with Gasteiger partial charge in [-0.1, -0.05) is 11.6 Å². The molecular formula is C12H15ClN4O. The number of pyridine rings is 1. The zero-order chi connectivity index (χ0) is 13.4. The minimum Gasteiger partial charge on any atom is -0.383 e. The van der Waals surface area contributed by atoms with Crippen LogP contribution in [0.25, 0.3) is 0 Å². The molecule has 0 saturated carbocycles. The van der Waals surface area contributed by atoms with Crippen molar-refractivity contribution in [3.63, 3.8) is 0 Å². The lowest BCUT2D eigenvalue weighted by atomic mass is 9.99. The average Bonchev–Trinajstić information content (AvgIpc) is 2.52. The van der Waals surface area contributed by atoms with E-state index in [2.05, 4.69) is 10.1 Å². The molecule has 0 saturated heterocycles. The number of hydrogen-bond acceptors (Lipinski definition) is 4. The minimum absolute atomic E-state index is 0.307. The van der Waals surface area contributed by atoms with E-state index in [1.165, 1.54) is 4.68 Å². The Morgan fingerprint density at radius 2 is 2.06 bits per heavy atom. The van der Waals surface area contributed by atoms with Crippen LogP contribution < -0.4 is 5.73 Å². The molecule has 0 bridgehead atoms. The Kier molecular flexibility index (Phi) is 3.28. The molecule has 2 aromatic rings. The molecular weight excluding hydrogens is 252 g/mol. The molecule has 2 heterocycles. The van der Waals surface area contributed by atoms with Gasteiger partial charge >= 0.3 is 0 Å². The highest BCUT2D eigenvalue weighted by molar-refractivity contribution is 6.30. The quantitative estimate of drug-likeness (QED) is 0.868. The van der Waals surface area contributed by atoms with Crippen molar-refractivity contribution >= 4 is 17.4 Å². The predicted molar refractivity (Wildman–Crippen MR) is 70.4 cm³/mol. The highest BCUT2D eigenvalue weighted by Gasteiger charge is 2.24. The molecule has 0 aromatic carbocycles. The Bertz CT molecular complexity index is 574. The molecule has 0 aliphatic rings. The summed E-state index contributed by atoms with van der Waals surface area (Å²) in [5, 5.41) is 15.1. The third-order valence-corrected chi connectivity index (χ3v) is 3.43. The number of anilines is 1. The number of aliphatic hydroxyl groups excluding tert-OH is 1. The first-order valence-electron chi connectivity index (χ1n) is 5.51. The van der Waals surface area contributed by atoms with Gasteiger partial charge in [-0.15, -0.1) is 0 Å². The maximum absolute atomic E-state index is 10.5. The second-order valence-electron chi connectivity index (χ2n) is 4.24. The third-order valence-electron chi connectivity index (χ3n) is 2.98. The van der Waals surface area contributed by atoms with Crippen molar-refractivity contribution in [2.24, 2.45) is 7.05 Å². The van der Waals surface area contributed by atoms with Gasteiger partial charge in [-0.2, -0.15) is 5.10 Å². The molecule has 2 aromatic heterocycles. The topological polar surface area (TPSA) is 77.0 Å². The van der Waals surface area contributed by atoms with E-state index in [0.29, 0.717) is 27.8 Å². The Hall–Kier alpha value is -1.59. The molecule has 3 N–H and O–H groups in total. The molecule has 0 radical (unpaired) electrons. The van der Waals surface area contributed by atoms with Crippen molar-refractivity contribution < 1.29 is 5.11 Å². The van der Waals surface area contributed by atoms with Gasteiger partial charge in [-0.3, -0.25) is 4.68 Å². The van der Waals surface area contributed by atoms with Gasteiger partial charge in [0.2, 0.25) is 0 Å². The molecule has 96 valence electrons. The van der Waals surface area contributed by atoms with Crippen LogP contribution in [-0.2, 0) is 7.05 Å². The summed E-state index contributed by atoms with van der Waals surface area (Å²) in [5.41, 5.74) is 8.52. The summed E-state index contributed by atoms with van der Waals surface area (Å²) in [6, 6.07) is 1.80. The number of halogens is 1. The van der Waals surface area contributed by atoms with Crippen molar-refractivity contribution in [1.82, 2.24) is 14.8 Å². The van der Waals surface area contributed by atoms with Crippen LogP contribution in [0.1, 0.15) is 28.5 Å². The van der Waals surface area contributed by atoms with E-state index in [1.807, 2.05) is 6.92 Å². The zero-order valence-electron chi connectivity index (χ0n) is 10.5. The van der Waals surface area contributed by atoms with E-state index in [1.54, 1.807) is 26.2 Å². The summed E-state index contributed by atoms with van der Waals surface area (Å²) in [7, 11) is 1.73. The molecule has 1 unspecified atom stereocenters. The molecule has 0 aliphatic carbocycles. The van der Waals surface area contributed by atoms with Crippen LogP contribution in [0.5, 0.6) is 0 Å². The molecule has 2 rings (SSSR count). The summed E-state index contributed by atoms with van der Waals surface area (Å²) in [4.78, 5) is 4.00. The predicted octanol–water partition coefficient (Wildman–Crippen LogP) is 1.75. The SMILES string of the molecule is Cc1ccnc(N)c1C(O)c1c(C)nn(C)c1Cl. The maximum atomic E-state index is 10.5. The number of hydrogen-bond donors (Lipinski definition) is 2. The number of nitrogens with zero attached hydrogens (tertiary/aromatic N) is 3. The van der Waals surface area contributed by atoms with E-state index in [0.717, 1.165) is 5.56 Å².